The number of fused-ring (bicyclic) bond motifs is 3. The van der Waals surface area contributed by atoms with Gasteiger partial charge in [-0.3, -0.25) is 0 Å². The summed E-state index contributed by atoms with van der Waals surface area (Å²) >= 11 is 0. The molecule has 216 valence electrons. The Bertz CT molecular complexity index is 1270. The first-order valence-corrected chi connectivity index (χ1v) is 14.6. The summed E-state index contributed by atoms with van der Waals surface area (Å²) in [5.41, 5.74) is 14.7. The van der Waals surface area contributed by atoms with Gasteiger partial charge in [-0.05, 0) is 79.9 Å². The van der Waals surface area contributed by atoms with Crippen LogP contribution in [0.15, 0.2) is 59.2 Å². The van der Waals surface area contributed by atoms with Crippen LogP contribution in [-0.4, -0.2) is 0 Å². The van der Waals surface area contributed by atoms with Crippen molar-refractivity contribution in [2.45, 2.75) is 119 Å². The van der Waals surface area contributed by atoms with E-state index in [1.165, 1.54) is 41.5 Å². The van der Waals surface area contributed by atoms with Gasteiger partial charge >= 0.3 is 26.2 Å². The van der Waals surface area contributed by atoms with Crippen molar-refractivity contribution in [1.82, 2.24) is 0 Å². The van der Waals surface area contributed by atoms with E-state index in [-0.39, 0.29) is 78.1 Å². The van der Waals surface area contributed by atoms with Crippen LogP contribution >= 0.6 is 0 Å². The van der Waals surface area contributed by atoms with Crippen LogP contribution in [-0.2, 0) is 37.0 Å². The number of rotatable bonds is 1. The van der Waals surface area contributed by atoms with E-state index in [9.17, 15) is 0 Å². The summed E-state index contributed by atoms with van der Waals surface area (Å²) in [5.74, 6) is 0.392. The second-order valence-electron chi connectivity index (χ2n) is 16.4. The molecule has 1 atom stereocenters. The molecular formula is C37H50Cl2Zr. The predicted octanol–water partition coefficient (Wildman–Crippen LogP) is 4.90. The summed E-state index contributed by atoms with van der Waals surface area (Å²) in [6.07, 6.45) is 6.32. The van der Waals surface area contributed by atoms with Crippen LogP contribution in [0.4, 0.5) is 0 Å². The molecule has 3 aliphatic rings. The fraction of sp³-hybridized carbons (Fsp3) is 0.568. The van der Waals surface area contributed by atoms with E-state index in [1.54, 1.807) is 27.8 Å². The van der Waals surface area contributed by atoms with Gasteiger partial charge in [0.2, 0.25) is 0 Å². The molecule has 40 heavy (non-hydrogen) atoms. The SMILES string of the molecule is CC(C)(C)C1=CC2=C(CCC2(C2c3ccc(C(C)(C)C)cc3-c3cc(C(C)(C)C)ccc32)C(C)(C)C)C1.[Cl-].[Cl-].[Zr+2]. The van der Waals surface area contributed by atoms with Gasteiger partial charge in [-0.25, -0.2) is 0 Å². The van der Waals surface area contributed by atoms with Crippen molar-refractivity contribution in [2.24, 2.45) is 16.2 Å². The van der Waals surface area contributed by atoms with Crippen LogP contribution in [0.2, 0.25) is 0 Å². The van der Waals surface area contributed by atoms with Gasteiger partial charge < -0.3 is 24.8 Å². The first-order chi connectivity index (χ1) is 16.9. The second-order valence-corrected chi connectivity index (χ2v) is 16.4. The molecule has 0 aromatic heterocycles. The molecule has 5 rings (SSSR count). The quantitative estimate of drug-likeness (QED) is 0.410. The number of benzene rings is 2. The number of allylic oxidation sites excluding steroid dienone is 4. The molecule has 0 N–H and O–H groups in total. The molecule has 3 aliphatic carbocycles. The van der Waals surface area contributed by atoms with Gasteiger partial charge in [0.25, 0.3) is 0 Å². The standard InChI is InChI=1S/C37H50.2ClH.Zr/c1-33(2,3)24-13-15-27-29(20-24)30-21-25(34(4,5)6)14-16-28(30)32(27)37(36(10,11)12)18-17-23-19-26(22-31(23)37)35(7,8)9;;;/h13-16,20-22,32H,17-19H2,1-12H3;2*1H;/q;;;+2/p-2. The minimum absolute atomic E-state index is 0. The Hall–Kier alpha value is -0.617. The maximum absolute atomic E-state index is 2.65. The van der Waals surface area contributed by atoms with Crippen LogP contribution < -0.4 is 24.8 Å². The topological polar surface area (TPSA) is 0 Å². The van der Waals surface area contributed by atoms with Crippen LogP contribution in [0, 0.1) is 16.2 Å². The molecule has 0 amide bonds. The third kappa shape index (κ3) is 5.56. The number of halogens is 2. The molecule has 2 aromatic rings. The van der Waals surface area contributed by atoms with E-state index in [0.717, 1.165) is 0 Å². The molecule has 2 aromatic carbocycles. The third-order valence-corrected chi connectivity index (χ3v) is 9.95. The van der Waals surface area contributed by atoms with E-state index in [4.69, 9.17) is 0 Å². The van der Waals surface area contributed by atoms with Crippen molar-refractivity contribution in [2.75, 3.05) is 0 Å². The van der Waals surface area contributed by atoms with E-state index in [1.807, 2.05) is 0 Å². The van der Waals surface area contributed by atoms with Crippen molar-refractivity contribution in [3.05, 3.63) is 81.4 Å². The van der Waals surface area contributed by atoms with Crippen molar-refractivity contribution >= 4 is 0 Å². The van der Waals surface area contributed by atoms with Gasteiger partial charge in [0, 0.05) is 11.3 Å². The van der Waals surface area contributed by atoms with Gasteiger partial charge in [0.05, 0.1) is 0 Å². The minimum atomic E-state index is 0. The summed E-state index contributed by atoms with van der Waals surface area (Å²) < 4.78 is 0. The van der Waals surface area contributed by atoms with Crippen molar-refractivity contribution in [3.8, 4) is 11.1 Å². The van der Waals surface area contributed by atoms with E-state index >= 15 is 0 Å². The molecule has 1 unspecified atom stereocenters. The Morgan fingerprint density at radius 3 is 1.48 bits per heavy atom. The zero-order valence-corrected chi connectivity index (χ0v) is 31.0. The first kappa shape index (κ1) is 35.6. The molecule has 0 spiro atoms. The molecule has 0 nitrogen and oxygen atoms in total. The third-order valence-electron chi connectivity index (χ3n) is 9.95. The zero-order chi connectivity index (χ0) is 27.3. The van der Waals surface area contributed by atoms with Crippen molar-refractivity contribution in [3.63, 3.8) is 0 Å². The molecular weight excluding hydrogens is 607 g/mol. The summed E-state index contributed by atoms with van der Waals surface area (Å²) in [6.45, 7) is 28.8. The minimum Gasteiger partial charge on any atom is -1.00 e. The molecule has 0 radical (unpaired) electrons. The normalized spacial score (nSPS) is 20.6. The summed E-state index contributed by atoms with van der Waals surface area (Å²) in [6, 6.07) is 14.9. The van der Waals surface area contributed by atoms with Gasteiger partial charge in [0.15, 0.2) is 0 Å². The van der Waals surface area contributed by atoms with Crippen LogP contribution in [0.25, 0.3) is 11.1 Å². The van der Waals surface area contributed by atoms with E-state index in [0.29, 0.717) is 5.92 Å². The fourth-order valence-corrected chi connectivity index (χ4v) is 7.51. The second kappa shape index (κ2) is 11.1. The van der Waals surface area contributed by atoms with E-state index < -0.39 is 0 Å². The monoisotopic (exact) mass is 654 g/mol. The van der Waals surface area contributed by atoms with Gasteiger partial charge in [-0.2, -0.15) is 0 Å². The maximum atomic E-state index is 2.65. The molecule has 0 bridgehead atoms. The molecule has 0 aliphatic heterocycles. The molecule has 3 heteroatoms. The molecule has 0 heterocycles. The summed E-state index contributed by atoms with van der Waals surface area (Å²) in [4.78, 5) is 0. The van der Waals surface area contributed by atoms with Crippen LogP contribution in [0.3, 0.4) is 0 Å². The Labute approximate surface area is 277 Å². The van der Waals surface area contributed by atoms with Crippen molar-refractivity contribution in [1.29, 1.82) is 0 Å². The van der Waals surface area contributed by atoms with Crippen molar-refractivity contribution < 1.29 is 51.0 Å². The molecule has 0 saturated carbocycles. The smallest absolute Gasteiger partial charge is 1.00 e. The van der Waals surface area contributed by atoms with Gasteiger partial charge in [-0.15, -0.1) is 0 Å². The summed E-state index contributed by atoms with van der Waals surface area (Å²) in [5, 5.41) is 0. The fourth-order valence-electron chi connectivity index (χ4n) is 7.51. The Kier molecular flexibility index (Phi) is 9.91. The van der Waals surface area contributed by atoms with E-state index in [2.05, 4.69) is 126 Å². The largest absolute Gasteiger partial charge is 2.00 e. The Balaban J connectivity index is 0.00000187. The first-order valence-electron chi connectivity index (χ1n) is 14.6. The summed E-state index contributed by atoms with van der Waals surface area (Å²) in [7, 11) is 0. The van der Waals surface area contributed by atoms with Crippen LogP contribution in [0.5, 0.6) is 0 Å². The number of hydrogen-bond donors (Lipinski definition) is 0. The maximum Gasteiger partial charge on any atom is 2.00 e. The Morgan fingerprint density at radius 1 is 0.650 bits per heavy atom. The molecule has 0 saturated heterocycles. The predicted molar refractivity (Wildman–Crippen MR) is 161 cm³/mol. The zero-order valence-electron chi connectivity index (χ0n) is 27.0. The average molecular weight is 657 g/mol. The van der Waals surface area contributed by atoms with Gasteiger partial charge in [-0.1, -0.05) is 137 Å². The van der Waals surface area contributed by atoms with Crippen LogP contribution in [0.1, 0.15) is 131 Å². The Morgan fingerprint density at radius 2 is 1.10 bits per heavy atom. The number of hydrogen-bond acceptors (Lipinski definition) is 0. The average Bonchev–Trinajstić information content (AvgIpc) is 3.41. The van der Waals surface area contributed by atoms with Gasteiger partial charge in [0.1, 0.15) is 0 Å². The molecule has 0 fully saturated rings.